The molecule has 0 unspecified atom stereocenters. The molecular weight excluding hydrogens is 399 g/mol. The van der Waals surface area contributed by atoms with Crippen molar-refractivity contribution in [3.05, 3.63) is 56.1 Å². The Balaban J connectivity index is 2.04. The van der Waals surface area contributed by atoms with Crippen LogP contribution in [-0.2, 0) is 6.42 Å². The Hall–Kier alpha value is -1.27. The van der Waals surface area contributed by atoms with E-state index in [1.54, 1.807) is 12.1 Å². The second-order valence-corrected chi connectivity index (χ2v) is 6.63. The number of nitrogens with two attached hydrogens (primary N) is 1. The quantitative estimate of drug-likeness (QED) is 0.566. The first-order chi connectivity index (χ1) is 10.1. The Labute approximate surface area is 142 Å². The van der Waals surface area contributed by atoms with Crippen LogP contribution in [0.4, 0.5) is 11.4 Å². The van der Waals surface area contributed by atoms with E-state index in [1.807, 2.05) is 29.2 Å². The summed E-state index contributed by atoms with van der Waals surface area (Å²) in [5, 5.41) is 0.573. The SMILES string of the molecule is Nc1cccc2c1CCCN2C(=O)c1cc(Cl)ccc1I. The predicted octanol–water partition coefficient (Wildman–Crippen LogP) is 4.12. The van der Waals surface area contributed by atoms with Gasteiger partial charge in [-0.3, -0.25) is 4.79 Å². The number of nitrogen functional groups attached to an aromatic ring is 1. The van der Waals surface area contributed by atoms with Crippen molar-refractivity contribution < 1.29 is 4.79 Å². The van der Waals surface area contributed by atoms with Crippen molar-refractivity contribution in [2.24, 2.45) is 0 Å². The molecule has 0 aromatic heterocycles. The number of rotatable bonds is 1. The molecule has 0 bridgehead atoms. The van der Waals surface area contributed by atoms with Gasteiger partial charge in [-0.1, -0.05) is 17.7 Å². The van der Waals surface area contributed by atoms with Crippen molar-refractivity contribution >= 4 is 51.5 Å². The fourth-order valence-corrected chi connectivity index (χ4v) is 3.41. The Morgan fingerprint density at radius 2 is 2.10 bits per heavy atom. The third-order valence-corrected chi connectivity index (χ3v) is 4.87. The lowest BCUT2D eigenvalue weighted by atomic mass is 9.99. The zero-order valence-corrected chi connectivity index (χ0v) is 14.2. The number of carbonyl (C=O) groups is 1. The number of fused-ring (bicyclic) bond motifs is 1. The van der Waals surface area contributed by atoms with Gasteiger partial charge < -0.3 is 10.6 Å². The highest BCUT2D eigenvalue weighted by molar-refractivity contribution is 14.1. The maximum Gasteiger partial charge on any atom is 0.259 e. The van der Waals surface area contributed by atoms with Gasteiger partial charge in [-0.2, -0.15) is 0 Å². The van der Waals surface area contributed by atoms with E-state index >= 15 is 0 Å². The maximum absolute atomic E-state index is 12.9. The molecule has 0 radical (unpaired) electrons. The molecule has 3 nitrogen and oxygen atoms in total. The van der Waals surface area contributed by atoms with E-state index in [0.717, 1.165) is 33.4 Å². The summed E-state index contributed by atoms with van der Waals surface area (Å²) in [6.07, 6.45) is 1.84. The molecule has 1 aliphatic heterocycles. The van der Waals surface area contributed by atoms with Gasteiger partial charge in [0.2, 0.25) is 0 Å². The molecule has 0 spiro atoms. The van der Waals surface area contributed by atoms with Crippen molar-refractivity contribution in [2.75, 3.05) is 17.2 Å². The van der Waals surface area contributed by atoms with Crippen LogP contribution in [0.25, 0.3) is 0 Å². The zero-order valence-electron chi connectivity index (χ0n) is 11.3. The molecule has 0 saturated carbocycles. The van der Waals surface area contributed by atoms with Gasteiger partial charge in [0.25, 0.3) is 5.91 Å². The summed E-state index contributed by atoms with van der Waals surface area (Å²) in [5.74, 6) is -0.0200. The van der Waals surface area contributed by atoms with Crippen LogP contribution in [0.1, 0.15) is 22.3 Å². The van der Waals surface area contributed by atoms with E-state index in [0.29, 0.717) is 17.1 Å². The number of hydrogen-bond donors (Lipinski definition) is 1. The van der Waals surface area contributed by atoms with Gasteiger partial charge in [0.1, 0.15) is 0 Å². The third-order valence-electron chi connectivity index (χ3n) is 3.69. The maximum atomic E-state index is 12.9. The number of benzene rings is 2. The van der Waals surface area contributed by atoms with Crippen molar-refractivity contribution in [3.63, 3.8) is 0 Å². The zero-order chi connectivity index (χ0) is 15.0. The number of anilines is 2. The highest BCUT2D eigenvalue weighted by Crippen LogP contribution is 2.33. The highest BCUT2D eigenvalue weighted by Gasteiger charge is 2.25. The van der Waals surface area contributed by atoms with Crippen LogP contribution < -0.4 is 10.6 Å². The first-order valence-corrected chi connectivity index (χ1v) is 8.18. The van der Waals surface area contributed by atoms with Gasteiger partial charge in [0, 0.05) is 26.5 Å². The first kappa shape index (κ1) is 14.7. The molecule has 5 heteroatoms. The fraction of sp³-hybridized carbons (Fsp3) is 0.188. The van der Waals surface area contributed by atoms with Crippen LogP contribution in [0, 0.1) is 3.57 Å². The van der Waals surface area contributed by atoms with Crippen LogP contribution in [0.15, 0.2) is 36.4 Å². The molecule has 2 aromatic carbocycles. The van der Waals surface area contributed by atoms with E-state index in [2.05, 4.69) is 22.6 Å². The molecule has 1 heterocycles. The second-order valence-electron chi connectivity index (χ2n) is 5.03. The summed E-state index contributed by atoms with van der Waals surface area (Å²) in [4.78, 5) is 14.7. The fourth-order valence-electron chi connectivity index (χ4n) is 2.67. The number of halogens is 2. The molecular formula is C16H14ClIN2O. The van der Waals surface area contributed by atoms with Crippen molar-refractivity contribution in [2.45, 2.75) is 12.8 Å². The van der Waals surface area contributed by atoms with Crippen molar-refractivity contribution in [3.8, 4) is 0 Å². The van der Waals surface area contributed by atoms with Gasteiger partial charge in [-0.25, -0.2) is 0 Å². The summed E-state index contributed by atoms with van der Waals surface area (Å²) >= 11 is 8.20. The summed E-state index contributed by atoms with van der Waals surface area (Å²) in [7, 11) is 0. The molecule has 0 atom stereocenters. The monoisotopic (exact) mass is 412 g/mol. The summed E-state index contributed by atoms with van der Waals surface area (Å²) in [6, 6.07) is 11.1. The Kier molecular flexibility index (Phi) is 4.08. The molecule has 3 rings (SSSR count). The smallest absolute Gasteiger partial charge is 0.259 e. The van der Waals surface area contributed by atoms with E-state index < -0.39 is 0 Å². The molecule has 2 N–H and O–H groups in total. The van der Waals surface area contributed by atoms with Crippen LogP contribution in [0.5, 0.6) is 0 Å². The predicted molar refractivity (Wildman–Crippen MR) is 95.0 cm³/mol. The van der Waals surface area contributed by atoms with E-state index in [-0.39, 0.29) is 5.91 Å². The molecule has 0 aliphatic carbocycles. The van der Waals surface area contributed by atoms with Crippen LogP contribution in [-0.4, -0.2) is 12.5 Å². The number of hydrogen-bond acceptors (Lipinski definition) is 2. The minimum Gasteiger partial charge on any atom is -0.398 e. The summed E-state index contributed by atoms with van der Waals surface area (Å²) in [6.45, 7) is 0.706. The third kappa shape index (κ3) is 2.74. The van der Waals surface area contributed by atoms with Gasteiger partial charge in [-0.05, 0) is 71.3 Å². The van der Waals surface area contributed by atoms with Crippen LogP contribution >= 0.6 is 34.2 Å². The Morgan fingerprint density at radius 3 is 2.90 bits per heavy atom. The van der Waals surface area contributed by atoms with Gasteiger partial charge >= 0.3 is 0 Å². The number of amides is 1. The molecule has 1 amide bonds. The van der Waals surface area contributed by atoms with E-state index in [9.17, 15) is 4.79 Å². The molecule has 21 heavy (non-hydrogen) atoms. The normalized spacial score (nSPS) is 13.9. The van der Waals surface area contributed by atoms with Crippen molar-refractivity contribution in [1.29, 1.82) is 0 Å². The molecule has 1 aliphatic rings. The van der Waals surface area contributed by atoms with E-state index in [4.69, 9.17) is 17.3 Å². The van der Waals surface area contributed by atoms with Gasteiger partial charge in [0.05, 0.1) is 5.56 Å². The molecule has 0 saturated heterocycles. The molecule has 2 aromatic rings. The lowest BCUT2D eigenvalue weighted by Gasteiger charge is -2.30. The number of nitrogens with zero attached hydrogens (tertiary/aromatic N) is 1. The first-order valence-electron chi connectivity index (χ1n) is 6.72. The average Bonchev–Trinajstić information content (AvgIpc) is 2.49. The largest absolute Gasteiger partial charge is 0.398 e. The second kappa shape index (κ2) is 5.85. The summed E-state index contributed by atoms with van der Waals surface area (Å²) < 4.78 is 0.901. The average molecular weight is 413 g/mol. The Morgan fingerprint density at radius 1 is 1.29 bits per heavy atom. The van der Waals surface area contributed by atoms with E-state index in [1.165, 1.54) is 0 Å². The topological polar surface area (TPSA) is 46.3 Å². The molecule has 0 fully saturated rings. The standard InChI is InChI=1S/C16H14ClIN2O/c17-10-6-7-13(18)12(9-10)16(21)20-8-2-3-11-14(19)4-1-5-15(11)20/h1,4-7,9H,2-3,8,19H2. The number of carbonyl (C=O) groups excluding carboxylic acids is 1. The minimum atomic E-state index is -0.0200. The lowest BCUT2D eigenvalue weighted by Crippen LogP contribution is -2.36. The lowest BCUT2D eigenvalue weighted by molar-refractivity contribution is 0.0984. The minimum absolute atomic E-state index is 0.0200. The highest BCUT2D eigenvalue weighted by atomic mass is 127. The summed E-state index contributed by atoms with van der Waals surface area (Å²) in [5.41, 5.74) is 9.41. The Bertz CT molecular complexity index is 717. The molecule has 108 valence electrons. The van der Waals surface area contributed by atoms with Crippen molar-refractivity contribution in [1.82, 2.24) is 0 Å². The van der Waals surface area contributed by atoms with Gasteiger partial charge in [0.15, 0.2) is 0 Å². The van der Waals surface area contributed by atoms with Gasteiger partial charge in [-0.15, -0.1) is 0 Å². The van der Waals surface area contributed by atoms with Crippen LogP contribution in [0.3, 0.4) is 0 Å². The van der Waals surface area contributed by atoms with Crippen LogP contribution in [0.2, 0.25) is 5.02 Å².